The summed E-state index contributed by atoms with van der Waals surface area (Å²) >= 11 is 0. The number of benzene rings is 1. The van der Waals surface area contributed by atoms with Crippen molar-refractivity contribution in [3.05, 3.63) is 28.3 Å². The Morgan fingerprint density at radius 1 is 1.29 bits per heavy atom. The van der Waals surface area contributed by atoms with Gasteiger partial charge in [-0.1, -0.05) is 26.2 Å². The van der Waals surface area contributed by atoms with Gasteiger partial charge in [-0.3, -0.25) is 10.1 Å². The van der Waals surface area contributed by atoms with E-state index in [4.69, 9.17) is 5.14 Å². The monoisotopic (exact) mass is 355 g/mol. The van der Waals surface area contributed by atoms with Crippen molar-refractivity contribution in [3.63, 3.8) is 0 Å². The molecule has 1 aliphatic rings. The fourth-order valence-corrected chi connectivity index (χ4v) is 3.89. The summed E-state index contributed by atoms with van der Waals surface area (Å²) in [5.41, 5.74) is 0.269. The first-order valence-corrected chi connectivity index (χ1v) is 9.93. The summed E-state index contributed by atoms with van der Waals surface area (Å²) < 4.78 is 22.9. The van der Waals surface area contributed by atoms with Crippen LogP contribution in [0.1, 0.15) is 45.4 Å². The molecule has 8 heteroatoms. The molecular formula is C16H25N3O4S. The Morgan fingerprint density at radius 2 is 1.96 bits per heavy atom. The van der Waals surface area contributed by atoms with Crippen LogP contribution >= 0.6 is 0 Å². The second-order valence-corrected chi connectivity index (χ2v) is 7.96. The molecule has 0 heterocycles. The van der Waals surface area contributed by atoms with Gasteiger partial charge in [-0.05, 0) is 37.3 Å². The maximum absolute atomic E-state index is 11.5. The average Bonchev–Trinajstić information content (AvgIpc) is 2.54. The van der Waals surface area contributed by atoms with Crippen LogP contribution in [0.15, 0.2) is 23.1 Å². The molecule has 134 valence electrons. The molecule has 24 heavy (non-hydrogen) atoms. The average molecular weight is 355 g/mol. The summed E-state index contributed by atoms with van der Waals surface area (Å²) in [6, 6.07) is 3.92. The van der Waals surface area contributed by atoms with Crippen LogP contribution in [0.4, 0.5) is 11.4 Å². The quantitative estimate of drug-likeness (QED) is 0.597. The number of hydrogen-bond donors (Lipinski definition) is 1. The number of nitro groups is 1. The molecule has 0 spiro atoms. The minimum atomic E-state index is -3.96. The van der Waals surface area contributed by atoms with Gasteiger partial charge < -0.3 is 4.90 Å². The summed E-state index contributed by atoms with van der Waals surface area (Å²) in [5.74, 6) is 0.530. The van der Waals surface area contributed by atoms with Crippen molar-refractivity contribution in [2.24, 2.45) is 11.1 Å². The summed E-state index contributed by atoms with van der Waals surface area (Å²) in [7, 11) is -3.96. The SMILES string of the molecule is CCCN(CC1CCCCC1)c1ccc(S(N)(=O)=O)cc1[N+](=O)[O-]. The number of nitrogens with zero attached hydrogens (tertiary/aromatic N) is 2. The highest BCUT2D eigenvalue weighted by Crippen LogP contribution is 2.33. The topological polar surface area (TPSA) is 107 Å². The third kappa shape index (κ3) is 4.67. The van der Waals surface area contributed by atoms with E-state index in [-0.39, 0.29) is 10.6 Å². The summed E-state index contributed by atoms with van der Waals surface area (Å²) in [6.45, 7) is 3.49. The Labute approximate surface area is 143 Å². The zero-order valence-corrected chi connectivity index (χ0v) is 14.8. The van der Waals surface area contributed by atoms with Gasteiger partial charge in [0.15, 0.2) is 0 Å². The predicted octanol–water partition coefficient (Wildman–Crippen LogP) is 3.04. The standard InChI is InChI=1S/C16H25N3O4S/c1-2-10-18(12-13-6-4-3-5-7-13)15-9-8-14(24(17,22)23)11-16(15)19(20)21/h8-9,11,13H,2-7,10,12H2,1H3,(H2,17,22,23). The van der Waals surface area contributed by atoms with Crippen LogP contribution in [0.5, 0.6) is 0 Å². The first-order valence-electron chi connectivity index (χ1n) is 8.39. The van der Waals surface area contributed by atoms with Gasteiger partial charge in [0, 0.05) is 19.2 Å². The van der Waals surface area contributed by atoms with E-state index >= 15 is 0 Å². The summed E-state index contributed by atoms with van der Waals surface area (Å²) in [4.78, 5) is 12.7. The van der Waals surface area contributed by atoms with Gasteiger partial charge >= 0.3 is 0 Å². The Morgan fingerprint density at radius 3 is 2.50 bits per heavy atom. The van der Waals surface area contributed by atoms with Crippen molar-refractivity contribution in [2.75, 3.05) is 18.0 Å². The highest BCUT2D eigenvalue weighted by molar-refractivity contribution is 7.89. The van der Waals surface area contributed by atoms with Gasteiger partial charge in [0.2, 0.25) is 10.0 Å². The van der Waals surface area contributed by atoms with E-state index in [0.717, 1.165) is 31.9 Å². The van der Waals surface area contributed by atoms with E-state index in [2.05, 4.69) is 0 Å². The van der Waals surface area contributed by atoms with Crippen LogP contribution in [0.2, 0.25) is 0 Å². The van der Waals surface area contributed by atoms with Crippen molar-refractivity contribution in [1.29, 1.82) is 0 Å². The molecule has 0 radical (unpaired) electrons. The zero-order chi connectivity index (χ0) is 17.7. The number of anilines is 1. The van der Waals surface area contributed by atoms with Crippen LogP contribution in [0.3, 0.4) is 0 Å². The lowest BCUT2D eigenvalue weighted by molar-refractivity contribution is -0.384. The summed E-state index contributed by atoms with van der Waals surface area (Å²) in [6.07, 6.45) is 6.81. The van der Waals surface area contributed by atoms with Gasteiger partial charge in [-0.25, -0.2) is 13.6 Å². The minimum absolute atomic E-state index is 0.203. The second kappa shape index (κ2) is 7.94. The number of hydrogen-bond acceptors (Lipinski definition) is 5. The zero-order valence-electron chi connectivity index (χ0n) is 14.0. The maximum Gasteiger partial charge on any atom is 0.293 e. The van der Waals surface area contributed by atoms with Gasteiger partial charge in [-0.15, -0.1) is 0 Å². The minimum Gasteiger partial charge on any atom is -0.366 e. The molecule has 1 aliphatic carbocycles. The normalized spacial score (nSPS) is 16.1. The third-order valence-corrected chi connectivity index (χ3v) is 5.42. The molecule has 0 aliphatic heterocycles. The Hall–Kier alpha value is -1.67. The van der Waals surface area contributed by atoms with E-state index in [1.54, 1.807) is 0 Å². The van der Waals surface area contributed by atoms with Gasteiger partial charge in [-0.2, -0.15) is 0 Å². The van der Waals surface area contributed by atoms with E-state index in [0.29, 0.717) is 18.2 Å². The molecule has 1 saturated carbocycles. The molecule has 7 nitrogen and oxygen atoms in total. The van der Waals surface area contributed by atoms with Crippen LogP contribution in [-0.2, 0) is 10.0 Å². The highest BCUT2D eigenvalue weighted by Gasteiger charge is 2.25. The molecule has 0 bridgehead atoms. The lowest BCUT2D eigenvalue weighted by atomic mass is 9.89. The fraction of sp³-hybridized carbons (Fsp3) is 0.625. The summed E-state index contributed by atoms with van der Waals surface area (Å²) in [5, 5.41) is 16.5. The van der Waals surface area contributed by atoms with Crippen molar-refractivity contribution in [1.82, 2.24) is 0 Å². The fourth-order valence-electron chi connectivity index (χ4n) is 3.36. The molecule has 0 aromatic heterocycles. The lowest BCUT2D eigenvalue weighted by Crippen LogP contribution is -2.32. The number of sulfonamides is 1. The molecule has 0 amide bonds. The molecular weight excluding hydrogens is 330 g/mol. The molecule has 2 rings (SSSR count). The Bertz CT molecular complexity index is 685. The number of nitro benzene ring substituents is 1. The third-order valence-electron chi connectivity index (χ3n) is 4.51. The van der Waals surface area contributed by atoms with Gasteiger partial charge in [0.1, 0.15) is 5.69 Å². The molecule has 0 atom stereocenters. The molecule has 1 aromatic rings. The van der Waals surface area contributed by atoms with E-state index < -0.39 is 14.9 Å². The smallest absolute Gasteiger partial charge is 0.293 e. The number of primary sulfonamides is 1. The molecule has 1 fully saturated rings. The number of nitrogens with two attached hydrogens (primary N) is 1. The van der Waals surface area contributed by atoms with Crippen LogP contribution in [-0.4, -0.2) is 26.4 Å². The number of rotatable bonds is 7. The highest BCUT2D eigenvalue weighted by atomic mass is 32.2. The largest absolute Gasteiger partial charge is 0.366 e. The van der Waals surface area contributed by atoms with Crippen molar-refractivity contribution >= 4 is 21.4 Å². The first-order chi connectivity index (χ1) is 11.3. The molecule has 1 aromatic carbocycles. The van der Waals surface area contributed by atoms with Gasteiger partial charge in [0.05, 0.1) is 9.82 Å². The Balaban J connectivity index is 2.35. The van der Waals surface area contributed by atoms with Crippen LogP contribution in [0.25, 0.3) is 0 Å². The van der Waals surface area contributed by atoms with Crippen LogP contribution < -0.4 is 10.0 Å². The maximum atomic E-state index is 11.5. The van der Waals surface area contributed by atoms with Crippen molar-refractivity contribution in [3.8, 4) is 0 Å². The predicted molar refractivity (Wildman–Crippen MR) is 93.5 cm³/mol. The van der Waals surface area contributed by atoms with Crippen molar-refractivity contribution in [2.45, 2.75) is 50.3 Å². The van der Waals surface area contributed by atoms with E-state index in [9.17, 15) is 18.5 Å². The van der Waals surface area contributed by atoms with Crippen LogP contribution in [0, 0.1) is 16.0 Å². The molecule has 0 saturated heterocycles. The Kier molecular flexibility index (Phi) is 6.17. The lowest BCUT2D eigenvalue weighted by Gasteiger charge is -2.31. The molecule has 0 unspecified atom stereocenters. The van der Waals surface area contributed by atoms with E-state index in [1.807, 2.05) is 11.8 Å². The first kappa shape index (κ1) is 18.7. The second-order valence-electron chi connectivity index (χ2n) is 6.40. The van der Waals surface area contributed by atoms with Gasteiger partial charge in [0.25, 0.3) is 5.69 Å². The van der Waals surface area contributed by atoms with Crippen molar-refractivity contribution < 1.29 is 13.3 Å². The van der Waals surface area contributed by atoms with E-state index in [1.165, 1.54) is 31.4 Å². The molecule has 2 N–H and O–H groups in total.